The van der Waals surface area contributed by atoms with Crippen LogP contribution < -0.4 is 0 Å². The molecular weight excluding hydrogens is 369 g/mol. The number of fused-ring (bicyclic) bond motifs is 1. The quantitative estimate of drug-likeness (QED) is 0.423. The fourth-order valence-corrected chi connectivity index (χ4v) is 4.36. The molecule has 0 amide bonds. The molecule has 0 heterocycles. The highest BCUT2D eigenvalue weighted by atomic mass is 19.1. The molecule has 0 nitrogen and oxygen atoms in total. The number of unbranched alkanes of at least 4 members (excludes halogenated alkanes) is 1. The van der Waals surface area contributed by atoms with Gasteiger partial charge in [0.05, 0.1) is 0 Å². The smallest absolute Gasteiger partial charge is 0.134 e. The Bertz CT molecular complexity index is 1010. The Morgan fingerprint density at radius 3 is 2.45 bits per heavy atom. The minimum atomic E-state index is -0.335. The van der Waals surface area contributed by atoms with E-state index in [1.165, 1.54) is 12.1 Å². The third-order valence-corrected chi connectivity index (χ3v) is 6.03. The molecule has 0 bridgehead atoms. The molecule has 0 N–H and O–H groups in total. The number of aryl methyl sites for hydroxylation is 1. The Morgan fingerprint density at radius 1 is 0.931 bits per heavy atom. The summed E-state index contributed by atoms with van der Waals surface area (Å²) in [6.45, 7) is 2.13. The van der Waals surface area contributed by atoms with Crippen molar-refractivity contribution in [1.29, 1.82) is 0 Å². The lowest BCUT2D eigenvalue weighted by Crippen LogP contribution is -2.16. The molecule has 0 aromatic heterocycles. The van der Waals surface area contributed by atoms with Crippen LogP contribution in [0.25, 0.3) is 11.1 Å². The van der Waals surface area contributed by atoms with Crippen molar-refractivity contribution in [1.82, 2.24) is 0 Å². The van der Waals surface area contributed by atoms with Crippen LogP contribution in [0.2, 0.25) is 0 Å². The molecule has 1 atom stereocenters. The van der Waals surface area contributed by atoms with Crippen LogP contribution in [-0.4, -0.2) is 0 Å². The second kappa shape index (κ2) is 8.44. The van der Waals surface area contributed by atoms with Crippen molar-refractivity contribution in [3.63, 3.8) is 0 Å². The van der Waals surface area contributed by atoms with E-state index < -0.39 is 0 Å². The van der Waals surface area contributed by atoms with Gasteiger partial charge in [0.25, 0.3) is 0 Å². The molecule has 4 rings (SSSR count). The summed E-state index contributed by atoms with van der Waals surface area (Å²) in [4.78, 5) is 0. The Morgan fingerprint density at radius 2 is 1.72 bits per heavy atom. The summed E-state index contributed by atoms with van der Waals surface area (Å²) in [7, 11) is 0. The number of benzene rings is 3. The Labute approximate surface area is 170 Å². The molecule has 0 saturated heterocycles. The molecule has 0 fully saturated rings. The van der Waals surface area contributed by atoms with Gasteiger partial charge in [0, 0.05) is 5.56 Å². The molecule has 0 saturated carbocycles. The lowest BCUT2D eigenvalue weighted by molar-refractivity contribution is 0.515. The summed E-state index contributed by atoms with van der Waals surface area (Å²) in [5.74, 6) is -0.644. The topological polar surface area (TPSA) is 0 Å². The number of hydrogen-bond donors (Lipinski definition) is 0. The Hall–Kier alpha value is -2.55. The Balaban J connectivity index is 1.58. The van der Waals surface area contributed by atoms with Gasteiger partial charge in [-0.2, -0.15) is 0 Å². The van der Waals surface area contributed by atoms with Crippen LogP contribution in [0.5, 0.6) is 0 Å². The first kappa shape index (κ1) is 19.8. The first-order valence-electron chi connectivity index (χ1n) is 10.4. The normalized spacial score (nSPS) is 15.9. The van der Waals surface area contributed by atoms with Crippen LogP contribution in [-0.2, 0) is 19.3 Å². The average Bonchev–Trinajstić information content (AvgIpc) is 2.73. The molecule has 0 radical (unpaired) electrons. The monoisotopic (exact) mass is 394 g/mol. The second-order valence-corrected chi connectivity index (χ2v) is 7.97. The summed E-state index contributed by atoms with van der Waals surface area (Å²) in [6, 6.07) is 15.2. The van der Waals surface area contributed by atoms with E-state index in [-0.39, 0.29) is 23.4 Å². The molecule has 3 aromatic carbocycles. The van der Waals surface area contributed by atoms with E-state index in [0.29, 0.717) is 29.5 Å². The van der Waals surface area contributed by atoms with Crippen molar-refractivity contribution in [2.45, 2.75) is 51.4 Å². The lowest BCUT2D eigenvalue weighted by atomic mass is 9.78. The van der Waals surface area contributed by atoms with Crippen molar-refractivity contribution < 1.29 is 13.2 Å². The van der Waals surface area contributed by atoms with Crippen molar-refractivity contribution in [3.8, 4) is 11.1 Å². The maximum absolute atomic E-state index is 15.2. The van der Waals surface area contributed by atoms with Gasteiger partial charge in [0.2, 0.25) is 0 Å². The van der Waals surface area contributed by atoms with Gasteiger partial charge in [0.1, 0.15) is 17.5 Å². The van der Waals surface area contributed by atoms with Gasteiger partial charge in [-0.25, -0.2) is 13.2 Å². The van der Waals surface area contributed by atoms with Gasteiger partial charge in [-0.15, -0.1) is 0 Å². The molecule has 1 aliphatic rings. The largest absolute Gasteiger partial charge is 0.207 e. The van der Waals surface area contributed by atoms with Crippen molar-refractivity contribution >= 4 is 0 Å². The highest BCUT2D eigenvalue weighted by molar-refractivity contribution is 5.66. The molecule has 3 aromatic rings. The zero-order valence-electron chi connectivity index (χ0n) is 16.7. The molecule has 150 valence electrons. The maximum atomic E-state index is 15.2. The second-order valence-electron chi connectivity index (χ2n) is 7.97. The summed E-state index contributed by atoms with van der Waals surface area (Å²) < 4.78 is 43.1. The predicted octanol–water partition coefficient (Wildman–Crippen LogP) is 7.39. The van der Waals surface area contributed by atoms with Gasteiger partial charge in [-0.05, 0) is 84.0 Å². The van der Waals surface area contributed by atoms with E-state index in [1.54, 1.807) is 24.3 Å². The first-order chi connectivity index (χ1) is 14.1. The molecular formula is C26H25F3. The highest BCUT2D eigenvalue weighted by Gasteiger charge is 2.26. The minimum Gasteiger partial charge on any atom is -0.207 e. The van der Waals surface area contributed by atoms with Gasteiger partial charge < -0.3 is 0 Å². The standard InChI is InChI=1S/C26H25F3/c1-2-3-4-17-5-12-22(25(28)15-17)19-8-14-24-20(16-19)9-13-23(26(24)29)18-6-10-21(27)11-7-18/h5-7,9-13,15,19H,2-4,8,14,16H2,1H3. The van der Waals surface area contributed by atoms with Gasteiger partial charge in [0.15, 0.2) is 0 Å². The van der Waals surface area contributed by atoms with Crippen LogP contribution >= 0.6 is 0 Å². The van der Waals surface area contributed by atoms with Crippen LogP contribution in [0, 0.1) is 17.5 Å². The number of hydrogen-bond acceptors (Lipinski definition) is 0. The highest BCUT2D eigenvalue weighted by Crippen LogP contribution is 2.38. The van der Waals surface area contributed by atoms with E-state index in [1.807, 2.05) is 18.2 Å². The predicted molar refractivity (Wildman–Crippen MR) is 112 cm³/mol. The molecule has 29 heavy (non-hydrogen) atoms. The molecule has 1 aliphatic carbocycles. The lowest BCUT2D eigenvalue weighted by Gasteiger charge is -2.26. The molecule has 1 unspecified atom stereocenters. The summed E-state index contributed by atoms with van der Waals surface area (Å²) >= 11 is 0. The van der Waals surface area contributed by atoms with Gasteiger partial charge >= 0.3 is 0 Å². The third-order valence-electron chi connectivity index (χ3n) is 6.03. The van der Waals surface area contributed by atoms with Crippen LogP contribution in [0.3, 0.4) is 0 Å². The van der Waals surface area contributed by atoms with Crippen molar-refractivity contribution in [2.75, 3.05) is 0 Å². The van der Waals surface area contributed by atoms with E-state index in [9.17, 15) is 8.78 Å². The maximum Gasteiger partial charge on any atom is 0.134 e. The van der Waals surface area contributed by atoms with E-state index >= 15 is 4.39 Å². The van der Waals surface area contributed by atoms with Crippen LogP contribution in [0.4, 0.5) is 13.2 Å². The molecule has 3 heteroatoms. The zero-order valence-corrected chi connectivity index (χ0v) is 16.7. The number of halogens is 3. The molecule has 0 spiro atoms. The fourth-order valence-electron chi connectivity index (χ4n) is 4.36. The third kappa shape index (κ3) is 4.10. The average molecular weight is 394 g/mol. The summed E-state index contributed by atoms with van der Waals surface area (Å²) in [5.41, 5.74) is 4.59. The number of rotatable bonds is 5. The van der Waals surface area contributed by atoms with Crippen molar-refractivity contribution in [2.24, 2.45) is 0 Å². The van der Waals surface area contributed by atoms with Gasteiger partial charge in [-0.3, -0.25) is 0 Å². The minimum absolute atomic E-state index is 0.0683. The SMILES string of the molecule is CCCCc1ccc(C2CCc3c(ccc(-c4ccc(F)cc4)c3F)C2)c(F)c1. The first-order valence-corrected chi connectivity index (χ1v) is 10.4. The van der Waals surface area contributed by atoms with E-state index in [4.69, 9.17) is 0 Å². The molecule has 0 aliphatic heterocycles. The van der Waals surface area contributed by atoms with E-state index in [2.05, 4.69) is 6.92 Å². The Kier molecular flexibility index (Phi) is 5.75. The van der Waals surface area contributed by atoms with Crippen LogP contribution in [0.15, 0.2) is 54.6 Å². The fraction of sp³-hybridized carbons (Fsp3) is 0.308. The van der Waals surface area contributed by atoms with Gasteiger partial charge in [-0.1, -0.05) is 49.7 Å². The van der Waals surface area contributed by atoms with E-state index in [0.717, 1.165) is 42.4 Å². The zero-order chi connectivity index (χ0) is 20.4. The summed E-state index contributed by atoms with van der Waals surface area (Å²) in [6.07, 6.45) is 5.00. The van der Waals surface area contributed by atoms with Crippen molar-refractivity contribution in [3.05, 3.63) is 94.3 Å². The summed E-state index contributed by atoms with van der Waals surface area (Å²) in [5, 5.41) is 0. The van der Waals surface area contributed by atoms with Crippen LogP contribution in [0.1, 0.15) is 54.4 Å².